The van der Waals surface area contributed by atoms with Gasteiger partial charge < -0.3 is 9.47 Å². The third-order valence-corrected chi connectivity index (χ3v) is 5.37. The number of ether oxygens (including phenoxy) is 2. The molecule has 3 heteroatoms. The van der Waals surface area contributed by atoms with Crippen LogP contribution in [-0.2, 0) is 21.7 Å². The van der Waals surface area contributed by atoms with Gasteiger partial charge in [-0.25, -0.2) is 0 Å². The molecule has 0 spiro atoms. The summed E-state index contributed by atoms with van der Waals surface area (Å²) in [6.07, 6.45) is 2.85. The Morgan fingerprint density at radius 2 is 2.00 bits per heavy atom. The van der Waals surface area contributed by atoms with E-state index in [0.717, 1.165) is 28.7 Å². The minimum absolute atomic E-state index is 0.0667. The SMILES string of the molecule is CO[C@@]12O[C@@H](C=C(C)C)Cc3c(C)ccc(c31)C(=O)C(C(C)C)=C2C. The standard InChI is InChI=1S/C22H28O3/c1-12(2)10-16-11-18-14(5)8-9-17-20(18)22(24-7,25-16)15(6)19(13(3)4)21(17)23/h8-10,13,16H,11H2,1-7H3/t16-,22-/m0/s1. The van der Waals surface area contributed by atoms with Crippen molar-refractivity contribution < 1.29 is 14.3 Å². The molecule has 1 aromatic carbocycles. The molecule has 25 heavy (non-hydrogen) atoms. The summed E-state index contributed by atoms with van der Waals surface area (Å²) in [4.78, 5) is 13.2. The lowest BCUT2D eigenvalue weighted by molar-refractivity contribution is -0.230. The van der Waals surface area contributed by atoms with Crippen molar-refractivity contribution in [2.45, 2.75) is 59.9 Å². The van der Waals surface area contributed by atoms with Crippen LogP contribution in [0.1, 0.15) is 61.7 Å². The van der Waals surface area contributed by atoms with Crippen LogP contribution in [0.25, 0.3) is 0 Å². The molecule has 0 saturated heterocycles. The second-order valence-electron chi connectivity index (χ2n) is 7.73. The smallest absolute Gasteiger partial charge is 0.219 e. The van der Waals surface area contributed by atoms with Gasteiger partial charge in [0.15, 0.2) is 5.78 Å². The number of carbonyl (C=O) groups excluding carboxylic acids is 1. The molecule has 2 atom stereocenters. The van der Waals surface area contributed by atoms with Crippen molar-refractivity contribution in [1.82, 2.24) is 0 Å². The van der Waals surface area contributed by atoms with Crippen LogP contribution in [0, 0.1) is 12.8 Å². The number of aryl methyl sites for hydroxylation is 1. The number of methoxy groups -OCH3 is 1. The molecule has 0 unspecified atom stereocenters. The van der Waals surface area contributed by atoms with E-state index in [9.17, 15) is 4.79 Å². The monoisotopic (exact) mass is 340 g/mol. The largest absolute Gasteiger partial charge is 0.346 e. The molecule has 2 aliphatic rings. The summed E-state index contributed by atoms with van der Waals surface area (Å²) in [5.74, 6) is -0.746. The summed E-state index contributed by atoms with van der Waals surface area (Å²) in [6.45, 7) is 12.3. The molecule has 3 nitrogen and oxygen atoms in total. The first-order valence-electron chi connectivity index (χ1n) is 8.99. The minimum Gasteiger partial charge on any atom is -0.346 e. The summed E-state index contributed by atoms with van der Waals surface area (Å²) >= 11 is 0. The van der Waals surface area contributed by atoms with Crippen molar-refractivity contribution in [3.8, 4) is 0 Å². The lowest BCUT2D eigenvalue weighted by Gasteiger charge is -2.46. The highest BCUT2D eigenvalue weighted by molar-refractivity contribution is 6.12. The number of carbonyl (C=O) groups is 1. The van der Waals surface area contributed by atoms with Gasteiger partial charge in [-0.2, -0.15) is 0 Å². The van der Waals surface area contributed by atoms with Crippen molar-refractivity contribution >= 4 is 5.78 Å². The summed E-state index contributed by atoms with van der Waals surface area (Å²) < 4.78 is 12.6. The van der Waals surface area contributed by atoms with E-state index >= 15 is 0 Å². The first kappa shape index (κ1) is 18.1. The molecule has 1 aliphatic heterocycles. The molecule has 1 heterocycles. The predicted molar refractivity (Wildman–Crippen MR) is 99.7 cm³/mol. The summed E-state index contributed by atoms with van der Waals surface area (Å²) in [6, 6.07) is 3.99. The van der Waals surface area contributed by atoms with Crippen molar-refractivity contribution in [1.29, 1.82) is 0 Å². The van der Waals surface area contributed by atoms with E-state index in [0.29, 0.717) is 0 Å². The zero-order chi connectivity index (χ0) is 18.5. The van der Waals surface area contributed by atoms with Crippen molar-refractivity contribution in [2.24, 2.45) is 5.92 Å². The highest BCUT2D eigenvalue weighted by Gasteiger charge is 2.50. The van der Waals surface area contributed by atoms with Gasteiger partial charge in [-0.05, 0) is 50.3 Å². The number of allylic oxidation sites excluding steroid dienone is 2. The highest BCUT2D eigenvalue weighted by Crippen LogP contribution is 2.50. The molecular weight excluding hydrogens is 312 g/mol. The first-order chi connectivity index (χ1) is 11.7. The maximum Gasteiger partial charge on any atom is 0.219 e. The van der Waals surface area contributed by atoms with E-state index < -0.39 is 5.79 Å². The van der Waals surface area contributed by atoms with E-state index in [1.807, 2.05) is 13.0 Å². The maximum atomic E-state index is 13.2. The maximum absolute atomic E-state index is 13.2. The number of ketones is 1. The molecule has 0 radical (unpaired) electrons. The van der Waals surface area contributed by atoms with E-state index in [2.05, 4.69) is 46.8 Å². The molecule has 0 fully saturated rings. The predicted octanol–water partition coefficient (Wildman–Crippen LogP) is 4.87. The van der Waals surface area contributed by atoms with Crippen LogP contribution in [-0.4, -0.2) is 19.0 Å². The van der Waals surface area contributed by atoms with Gasteiger partial charge >= 0.3 is 0 Å². The fourth-order valence-electron chi connectivity index (χ4n) is 4.33. The summed E-state index contributed by atoms with van der Waals surface area (Å²) in [5, 5.41) is 0. The van der Waals surface area contributed by atoms with Crippen LogP contribution >= 0.6 is 0 Å². The summed E-state index contributed by atoms with van der Waals surface area (Å²) in [5.41, 5.74) is 6.93. The van der Waals surface area contributed by atoms with Crippen LogP contribution < -0.4 is 0 Å². The van der Waals surface area contributed by atoms with Crippen molar-refractivity contribution in [2.75, 3.05) is 7.11 Å². The average Bonchev–Trinajstić information content (AvgIpc) is 2.53. The van der Waals surface area contributed by atoms with Gasteiger partial charge in [0.25, 0.3) is 0 Å². The number of hydrogen-bond acceptors (Lipinski definition) is 3. The van der Waals surface area contributed by atoms with Gasteiger partial charge in [0.05, 0.1) is 6.10 Å². The van der Waals surface area contributed by atoms with E-state index in [4.69, 9.17) is 9.47 Å². The van der Waals surface area contributed by atoms with Gasteiger partial charge in [0, 0.05) is 30.2 Å². The molecule has 134 valence electrons. The number of rotatable bonds is 3. The Morgan fingerprint density at radius 1 is 1.32 bits per heavy atom. The van der Waals surface area contributed by atoms with Crippen molar-refractivity contribution in [3.63, 3.8) is 0 Å². The molecule has 0 bridgehead atoms. The second-order valence-corrected chi connectivity index (χ2v) is 7.73. The Morgan fingerprint density at radius 3 is 2.56 bits per heavy atom. The molecule has 0 saturated carbocycles. The lowest BCUT2D eigenvalue weighted by Crippen LogP contribution is -2.47. The van der Waals surface area contributed by atoms with Crippen molar-refractivity contribution in [3.05, 3.63) is 57.2 Å². The fraction of sp³-hybridized carbons (Fsp3) is 0.500. The zero-order valence-electron chi connectivity index (χ0n) is 16.3. The topological polar surface area (TPSA) is 35.5 Å². The quantitative estimate of drug-likeness (QED) is 0.736. The van der Waals surface area contributed by atoms with Crippen LogP contribution in [0.3, 0.4) is 0 Å². The third-order valence-electron chi connectivity index (χ3n) is 5.37. The Kier molecular flexibility index (Phi) is 4.50. The second kappa shape index (κ2) is 6.22. The first-order valence-corrected chi connectivity index (χ1v) is 8.99. The zero-order valence-corrected chi connectivity index (χ0v) is 16.3. The molecule has 3 rings (SSSR count). The average molecular weight is 340 g/mol. The van der Waals surface area contributed by atoms with Gasteiger partial charge in [-0.15, -0.1) is 0 Å². The Balaban J connectivity index is 2.35. The molecule has 0 N–H and O–H groups in total. The minimum atomic E-state index is -0.973. The van der Waals surface area contributed by atoms with Gasteiger partial charge in [-0.3, -0.25) is 4.79 Å². The van der Waals surface area contributed by atoms with Gasteiger partial charge in [0.2, 0.25) is 5.79 Å². The fourth-order valence-corrected chi connectivity index (χ4v) is 4.33. The molecule has 0 amide bonds. The lowest BCUT2D eigenvalue weighted by atomic mass is 9.72. The number of benzene rings is 1. The van der Waals surface area contributed by atoms with E-state index in [1.54, 1.807) is 7.11 Å². The van der Waals surface area contributed by atoms with Crippen LogP contribution in [0.5, 0.6) is 0 Å². The van der Waals surface area contributed by atoms with Crippen LogP contribution in [0.15, 0.2) is 34.9 Å². The van der Waals surface area contributed by atoms with Gasteiger partial charge in [0.1, 0.15) is 0 Å². The van der Waals surface area contributed by atoms with E-state index in [1.165, 1.54) is 16.7 Å². The number of Topliss-reactive ketones (excluding diaryl/α,β-unsaturated/α-hetero) is 1. The molecule has 1 aromatic rings. The van der Waals surface area contributed by atoms with E-state index in [-0.39, 0.29) is 17.8 Å². The van der Waals surface area contributed by atoms with Crippen LogP contribution in [0.2, 0.25) is 0 Å². The summed E-state index contributed by atoms with van der Waals surface area (Å²) in [7, 11) is 1.68. The van der Waals surface area contributed by atoms with Crippen LogP contribution in [0.4, 0.5) is 0 Å². The third kappa shape index (κ3) is 2.61. The Bertz CT molecular complexity index is 794. The van der Waals surface area contributed by atoms with Gasteiger partial charge in [-0.1, -0.05) is 37.6 Å². The molecule has 0 aromatic heterocycles. The Hall–Kier alpha value is -1.71. The Labute approximate surface area is 150 Å². The molecular formula is C22H28O3. The normalized spacial score (nSPS) is 25.3. The highest BCUT2D eigenvalue weighted by atomic mass is 16.7. The molecule has 1 aliphatic carbocycles. The number of hydrogen-bond donors (Lipinski definition) is 0.